The van der Waals surface area contributed by atoms with Crippen molar-refractivity contribution < 1.29 is 0 Å². The molecule has 1 aromatic heterocycles. The van der Waals surface area contributed by atoms with Gasteiger partial charge in [-0.15, -0.1) is 11.3 Å². The minimum absolute atomic E-state index is 0.423. The summed E-state index contributed by atoms with van der Waals surface area (Å²) in [6.45, 7) is 0. The minimum atomic E-state index is 0.423. The van der Waals surface area contributed by atoms with Crippen LogP contribution >= 0.6 is 62.1 Å². The van der Waals surface area contributed by atoms with Gasteiger partial charge in [-0.05, 0) is 48.0 Å². The highest BCUT2D eigenvalue weighted by molar-refractivity contribution is 9.10. The first kappa shape index (κ1) is 20.1. The van der Waals surface area contributed by atoms with E-state index in [-0.39, 0.29) is 0 Å². The Morgan fingerprint density at radius 2 is 1.85 bits per heavy atom. The number of rotatable bonds is 4. The molecule has 0 atom stereocenters. The smallest absolute Gasteiger partial charge is 0.134 e. The molecule has 2 nitrogen and oxygen atoms in total. The third kappa shape index (κ3) is 5.01. The minimum Gasteiger partial charge on any atom is -0.235 e. The molecular weight excluding hydrogens is 487 g/mol. The van der Waals surface area contributed by atoms with Crippen LogP contribution in [0.5, 0.6) is 0 Å². The van der Waals surface area contributed by atoms with E-state index in [0.717, 1.165) is 15.6 Å². The van der Waals surface area contributed by atoms with Crippen molar-refractivity contribution in [2.45, 2.75) is 0 Å². The number of hydrogen-bond acceptors (Lipinski definition) is 3. The molecule has 27 heavy (non-hydrogen) atoms. The third-order valence-corrected chi connectivity index (χ3v) is 5.87. The fourth-order valence-electron chi connectivity index (χ4n) is 2.24. The van der Waals surface area contributed by atoms with Crippen molar-refractivity contribution in [1.82, 2.24) is 4.98 Å². The summed E-state index contributed by atoms with van der Waals surface area (Å²) in [5.41, 5.74) is 2.75. The van der Waals surface area contributed by atoms with Gasteiger partial charge in [0.15, 0.2) is 0 Å². The van der Waals surface area contributed by atoms with Gasteiger partial charge in [-0.3, -0.25) is 0 Å². The molecule has 0 unspecified atom stereocenters. The molecule has 134 valence electrons. The van der Waals surface area contributed by atoms with E-state index in [4.69, 9.17) is 34.8 Å². The summed E-state index contributed by atoms with van der Waals surface area (Å²) in [6.07, 6.45) is 3.36. The predicted octanol–water partition coefficient (Wildman–Crippen LogP) is 8.07. The molecule has 0 bridgehead atoms. The summed E-state index contributed by atoms with van der Waals surface area (Å²) in [5, 5.41) is 13.6. The fraction of sp³-hybridized carbons (Fsp3) is 0. The molecule has 2 aromatic carbocycles. The van der Waals surface area contributed by atoms with Crippen molar-refractivity contribution in [3.63, 3.8) is 0 Å². The number of halogens is 4. The van der Waals surface area contributed by atoms with E-state index in [0.29, 0.717) is 31.4 Å². The lowest BCUT2D eigenvalue weighted by atomic mass is 10.1. The SMILES string of the molecule is N#CC(=CC=C(Cl)c1ccc(Br)cc1)c1nc(-c2ccc(Cl)cc2Cl)cs1. The van der Waals surface area contributed by atoms with Crippen molar-refractivity contribution >= 4 is 72.7 Å². The van der Waals surface area contributed by atoms with Gasteiger partial charge in [0, 0.05) is 25.5 Å². The Bertz CT molecular complexity index is 1080. The van der Waals surface area contributed by atoms with Crippen molar-refractivity contribution in [2.24, 2.45) is 0 Å². The number of hydrogen-bond donors (Lipinski definition) is 0. The Morgan fingerprint density at radius 1 is 1.11 bits per heavy atom. The average Bonchev–Trinajstić information content (AvgIpc) is 3.12. The van der Waals surface area contributed by atoms with E-state index in [1.54, 1.807) is 24.3 Å². The van der Waals surface area contributed by atoms with E-state index < -0.39 is 0 Å². The molecule has 0 fully saturated rings. The summed E-state index contributed by atoms with van der Waals surface area (Å²) in [5.74, 6) is 0. The topological polar surface area (TPSA) is 36.7 Å². The molecule has 0 saturated carbocycles. The number of benzene rings is 2. The first-order chi connectivity index (χ1) is 13.0. The van der Waals surface area contributed by atoms with Crippen LogP contribution in [0.1, 0.15) is 10.6 Å². The molecule has 1 heterocycles. The number of thiazole rings is 1. The molecule has 0 amide bonds. The monoisotopic (exact) mass is 494 g/mol. The van der Waals surface area contributed by atoms with Crippen molar-refractivity contribution in [1.29, 1.82) is 5.26 Å². The summed E-state index contributed by atoms with van der Waals surface area (Å²) < 4.78 is 0.972. The normalized spacial score (nSPS) is 12.1. The first-order valence-corrected chi connectivity index (χ1v) is 10.4. The summed E-state index contributed by atoms with van der Waals surface area (Å²) >= 11 is 23.3. The maximum absolute atomic E-state index is 9.50. The second kappa shape index (κ2) is 9.05. The predicted molar refractivity (Wildman–Crippen MR) is 119 cm³/mol. The molecule has 7 heteroatoms. The van der Waals surface area contributed by atoms with Crippen molar-refractivity contribution in [3.05, 3.63) is 85.1 Å². The van der Waals surface area contributed by atoms with E-state index in [1.165, 1.54) is 11.3 Å². The van der Waals surface area contributed by atoms with Gasteiger partial charge in [0.1, 0.15) is 11.1 Å². The largest absolute Gasteiger partial charge is 0.235 e. The molecule has 0 aliphatic heterocycles. The second-order valence-corrected chi connectivity index (χ2v) is 8.40. The first-order valence-electron chi connectivity index (χ1n) is 7.63. The van der Waals surface area contributed by atoms with Crippen LogP contribution in [0.4, 0.5) is 0 Å². The van der Waals surface area contributed by atoms with Gasteiger partial charge in [-0.2, -0.15) is 5.26 Å². The molecule has 0 N–H and O–H groups in total. The molecule has 0 spiro atoms. The van der Waals surface area contributed by atoms with Gasteiger partial charge >= 0.3 is 0 Å². The molecule has 0 aliphatic rings. The molecule has 3 aromatic rings. The van der Waals surface area contributed by atoms with Crippen LogP contribution in [0.15, 0.2) is 64.5 Å². The van der Waals surface area contributed by atoms with Crippen LogP contribution in [-0.4, -0.2) is 4.98 Å². The molecular formula is C20H10BrCl3N2S. The summed E-state index contributed by atoms with van der Waals surface area (Å²) in [4.78, 5) is 4.53. The Hall–Kier alpha value is -1.61. The molecule has 3 rings (SSSR count). The van der Waals surface area contributed by atoms with Gasteiger partial charge in [0.05, 0.1) is 16.3 Å². The third-order valence-electron chi connectivity index (χ3n) is 3.58. The lowest BCUT2D eigenvalue weighted by molar-refractivity contribution is 1.37. The highest BCUT2D eigenvalue weighted by Crippen LogP contribution is 2.32. The van der Waals surface area contributed by atoms with E-state index >= 15 is 0 Å². The Morgan fingerprint density at radius 3 is 2.52 bits per heavy atom. The zero-order valence-electron chi connectivity index (χ0n) is 13.6. The maximum atomic E-state index is 9.50. The van der Waals surface area contributed by atoms with Crippen LogP contribution in [-0.2, 0) is 0 Å². The van der Waals surface area contributed by atoms with Gasteiger partial charge in [-0.25, -0.2) is 4.98 Å². The standard InChI is InChI=1S/C20H10BrCl3N2S/c21-14-4-1-12(2-5-14)17(23)8-3-13(10-25)20-26-19(11-27-20)16-7-6-15(22)9-18(16)24/h1-9,11H. The quantitative estimate of drug-likeness (QED) is 0.270. The molecule has 0 radical (unpaired) electrons. The van der Waals surface area contributed by atoms with Gasteiger partial charge in [0.2, 0.25) is 0 Å². The summed E-state index contributed by atoms with van der Waals surface area (Å²) in [7, 11) is 0. The number of nitriles is 1. The number of aromatic nitrogens is 1. The van der Waals surface area contributed by atoms with Crippen molar-refractivity contribution in [2.75, 3.05) is 0 Å². The van der Waals surface area contributed by atoms with E-state index in [2.05, 4.69) is 27.0 Å². The van der Waals surface area contributed by atoms with E-state index in [9.17, 15) is 5.26 Å². The fourth-order valence-corrected chi connectivity index (χ4v) is 3.99. The Kier molecular flexibility index (Phi) is 6.75. The zero-order valence-corrected chi connectivity index (χ0v) is 18.3. The Balaban J connectivity index is 1.89. The summed E-state index contributed by atoms with van der Waals surface area (Å²) in [6, 6.07) is 15.0. The average molecular weight is 497 g/mol. The number of nitrogens with zero attached hydrogens (tertiary/aromatic N) is 2. The van der Waals surface area contributed by atoms with Crippen LogP contribution in [0.2, 0.25) is 10.0 Å². The maximum Gasteiger partial charge on any atom is 0.134 e. The molecule has 0 saturated heterocycles. The van der Waals surface area contributed by atoms with Crippen LogP contribution in [0, 0.1) is 11.3 Å². The lowest BCUT2D eigenvalue weighted by Gasteiger charge is -2.00. The number of allylic oxidation sites excluding steroid dienone is 3. The van der Waals surface area contributed by atoms with Crippen molar-refractivity contribution in [3.8, 4) is 17.3 Å². The zero-order chi connectivity index (χ0) is 19.4. The van der Waals surface area contributed by atoms with Gasteiger partial charge in [0.25, 0.3) is 0 Å². The second-order valence-electron chi connectivity index (χ2n) is 5.38. The Labute approximate surface area is 184 Å². The molecule has 0 aliphatic carbocycles. The van der Waals surface area contributed by atoms with Gasteiger partial charge in [-0.1, -0.05) is 62.9 Å². The van der Waals surface area contributed by atoms with Crippen LogP contribution in [0.25, 0.3) is 21.9 Å². The van der Waals surface area contributed by atoms with Gasteiger partial charge < -0.3 is 0 Å². The highest BCUT2D eigenvalue weighted by atomic mass is 79.9. The van der Waals surface area contributed by atoms with Crippen LogP contribution in [0.3, 0.4) is 0 Å². The lowest BCUT2D eigenvalue weighted by Crippen LogP contribution is -1.83. The van der Waals surface area contributed by atoms with Crippen LogP contribution < -0.4 is 0 Å². The van der Waals surface area contributed by atoms with E-state index in [1.807, 2.05) is 35.7 Å². The highest BCUT2D eigenvalue weighted by Gasteiger charge is 2.11.